The summed E-state index contributed by atoms with van der Waals surface area (Å²) >= 11 is 0. The molecule has 2 N–H and O–H groups in total. The van der Waals surface area contributed by atoms with Crippen molar-refractivity contribution in [3.8, 4) is 0 Å². The highest BCUT2D eigenvalue weighted by molar-refractivity contribution is 5.60. The van der Waals surface area contributed by atoms with Gasteiger partial charge in [-0.15, -0.1) is 0 Å². The molecule has 1 aromatic rings. The van der Waals surface area contributed by atoms with E-state index in [0.29, 0.717) is 11.6 Å². The zero-order valence-corrected chi connectivity index (χ0v) is 9.60. The predicted molar refractivity (Wildman–Crippen MR) is 64.1 cm³/mol. The van der Waals surface area contributed by atoms with Crippen LogP contribution in [-0.2, 0) is 0 Å². The Labute approximate surface area is 98.2 Å². The zero-order valence-electron chi connectivity index (χ0n) is 9.60. The van der Waals surface area contributed by atoms with Crippen molar-refractivity contribution in [1.82, 2.24) is 4.98 Å². The van der Waals surface area contributed by atoms with E-state index in [1.165, 1.54) is 6.20 Å². The second kappa shape index (κ2) is 4.57. The lowest BCUT2D eigenvalue weighted by Gasteiger charge is -2.16. The van der Waals surface area contributed by atoms with Gasteiger partial charge in [0.15, 0.2) is 0 Å². The number of nitrogens with zero attached hydrogens (tertiary/aromatic N) is 1. The van der Waals surface area contributed by atoms with Crippen LogP contribution in [0.2, 0.25) is 0 Å². The number of nitrogens with one attached hydrogen (secondary N) is 2. The lowest BCUT2D eigenvalue weighted by atomic mass is 10.1. The highest BCUT2D eigenvalue weighted by Crippen LogP contribution is 2.36. The number of nitro groups is 1. The second-order valence-electron chi connectivity index (χ2n) is 4.32. The third-order valence-corrected chi connectivity index (χ3v) is 3.09. The summed E-state index contributed by atoms with van der Waals surface area (Å²) in [6.07, 6.45) is 4.64. The molecule has 1 aliphatic rings. The summed E-state index contributed by atoms with van der Waals surface area (Å²) in [6.45, 7) is 2.04. The molecule has 1 unspecified atom stereocenters. The van der Waals surface area contributed by atoms with Crippen molar-refractivity contribution in [3.05, 3.63) is 32.7 Å². The summed E-state index contributed by atoms with van der Waals surface area (Å²) in [5.74, 6) is 0.582. The second-order valence-corrected chi connectivity index (χ2v) is 4.32. The van der Waals surface area contributed by atoms with Crippen LogP contribution >= 0.6 is 0 Å². The van der Waals surface area contributed by atoms with Crippen LogP contribution in [0, 0.1) is 16.0 Å². The van der Waals surface area contributed by atoms with Gasteiger partial charge in [0.2, 0.25) is 0 Å². The minimum atomic E-state index is -0.661. The fourth-order valence-corrected chi connectivity index (χ4v) is 2.02. The van der Waals surface area contributed by atoms with E-state index in [-0.39, 0.29) is 6.04 Å². The third-order valence-electron chi connectivity index (χ3n) is 3.09. The Bertz CT molecular complexity index is 479. The Kier molecular flexibility index (Phi) is 3.12. The monoisotopic (exact) mass is 237 g/mol. The maximum Gasteiger partial charge on any atom is 0.356 e. The van der Waals surface area contributed by atoms with Crippen LogP contribution in [0.25, 0.3) is 0 Å². The first-order valence-electron chi connectivity index (χ1n) is 5.76. The smallest absolute Gasteiger partial charge is 0.356 e. The molecule has 1 atom stereocenters. The van der Waals surface area contributed by atoms with Gasteiger partial charge >= 0.3 is 11.2 Å². The fraction of sp³-hybridized carbons (Fsp3) is 0.545. The molecular weight excluding hydrogens is 222 g/mol. The van der Waals surface area contributed by atoms with Gasteiger partial charge in [0.05, 0.1) is 4.92 Å². The lowest BCUT2D eigenvalue weighted by molar-refractivity contribution is -0.385. The summed E-state index contributed by atoms with van der Waals surface area (Å²) in [7, 11) is 0. The molecule has 1 fully saturated rings. The van der Waals surface area contributed by atoms with E-state index in [1.54, 1.807) is 6.07 Å². The number of hydrogen-bond acceptors (Lipinski definition) is 4. The molecular formula is C11H15N3O3. The Morgan fingerprint density at radius 2 is 2.35 bits per heavy atom. The van der Waals surface area contributed by atoms with Gasteiger partial charge in [-0.05, 0) is 31.2 Å². The molecule has 0 radical (unpaired) electrons. The number of aromatic amines is 1. The minimum Gasteiger partial charge on any atom is -0.376 e. The molecule has 2 rings (SSSR count). The Morgan fingerprint density at radius 1 is 1.65 bits per heavy atom. The van der Waals surface area contributed by atoms with Gasteiger partial charge in [-0.25, -0.2) is 0 Å². The van der Waals surface area contributed by atoms with E-state index in [2.05, 4.69) is 10.3 Å². The normalized spacial score (nSPS) is 16.5. The average Bonchev–Trinajstić information content (AvgIpc) is 3.09. The molecule has 1 heterocycles. The van der Waals surface area contributed by atoms with Gasteiger partial charge in [-0.1, -0.05) is 6.92 Å². The standard InChI is InChI=1S/C11H15N3O3/c1-2-8(7-3-4-7)13-9-5-6-12-11(15)10(9)14(16)17/h5-8H,2-4H2,1H3,(H2,12,13,15). The van der Waals surface area contributed by atoms with Crippen molar-refractivity contribution >= 4 is 11.4 Å². The first-order valence-corrected chi connectivity index (χ1v) is 5.76. The molecule has 0 bridgehead atoms. The van der Waals surface area contributed by atoms with Crippen molar-refractivity contribution in [2.45, 2.75) is 32.2 Å². The number of anilines is 1. The van der Waals surface area contributed by atoms with E-state index < -0.39 is 16.2 Å². The zero-order chi connectivity index (χ0) is 12.4. The molecule has 0 spiro atoms. The van der Waals surface area contributed by atoms with Gasteiger partial charge in [-0.2, -0.15) is 0 Å². The number of rotatable bonds is 5. The topological polar surface area (TPSA) is 88.0 Å². The van der Waals surface area contributed by atoms with Crippen LogP contribution < -0.4 is 10.9 Å². The summed E-state index contributed by atoms with van der Waals surface area (Å²) in [4.78, 5) is 23.9. The maximum absolute atomic E-state index is 11.4. The highest BCUT2D eigenvalue weighted by Gasteiger charge is 2.31. The molecule has 1 aliphatic carbocycles. The molecule has 0 saturated heterocycles. The molecule has 1 saturated carbocycles. The Morgan fingerprint density at radius 3 is 2.88 bits per heavy atom. The maximum atomic E-state index is 11.4. The van der Waals surface area contributed by atoms with Crippen LogP contribution in [-0.4, -0.2) is 15.9 Å². The largest absolute Gasteiger partial charge is 0.376 e. The average molecular weight is 237 g/mol. The Balaban J connectivity index is 2.28. The summed E-state index contributed by atoms with van der Waals surface area (Å²) in [6, 6.07) is 1.76. The van der Waals surface area contributed by atoms with Crippen LogP contribution in [0.5, 0.6) is 0 Å². The van der Waals surface area contributed by atoms with Crippen molar-refractivity contribution in [2.75, 3.05) is 5.32 Å². The van der Waals surface area contributed by atoms with E-state index in [4.69, 9.17) is 0 Å². The first-order chi connectivity index (χ1) is 8.13. The van der Waals surface area contributed by atoms with Gasteiger partial charge in [0.1, 0.15) is 5.69 Å². The molecule has 92 valence electrons. The van der Waals surface area contributed by atoms with Crippen molar-refractivity contribution in [2.24, 2.45) is 5.92 Å². The highest BCUT2D eigenvalue weighted by atomic mass is 16.6. The molecule has 0 aromatic carbocycles. The summed E-state index contributed by atoms with van der Waals surface area (Å²) < 4.78 is 0. The SMILES string of the molecule is CCC(Nc1cc[nH]c(=O)c1[N+](=O)[O-])C1CC1. The molecule has 1 aromatic heterocycles. The lowest BCUT2D eigenvalue weighted by Crippen LogP contribution is -2.23. The van der Waals surface area contributed by atoms with Gasteiger partial charge in [0.25, 0.3) is 0 Å². The van der Waals surface area contributed by atoms with Crippen molar-refractivity contribution in [3.63, 3.8) is 0 Å². The number of H-pyrrole nitrogens is 1. The van der Waals surface area contributed by atoms with E-state index in [0.717, 1.165) is 19.3 Å². The Hall–Kier alpha value is -1.85. The number of hydrogen-bond donors (Lipinski definition) is 2. The minimum absolute atomic E-state index is 0.218. The van der Waals surface area contributed by atoms with E-state index in [9.17, 15) is 14.9 Å². The summed E-state index contributed by atoms with van der Waals surface area (Å²) in [5, 5.41) is 14.0. The number of pyridine rings is 1. The quantitative estimate of drug-likeness (QED) is 0.604. The van der Waals surface area contributed by atoms with Gasteiger partial charge < -0.3 is 10.3 Å². The van der Waals surface area contributed by atoms with Gasteiger partial charge in [-0.3, -0.25) is 14.9 Å². The van der Waals surface area contributed by atoms with Crippen LogP contribution in [0.4, 0.5) is 11.4 Å². The molecule has 6 nitrogen and oxygen atoms in total. The van der Waals surface area contributed by atoms with Crippen LogP contribution in [0.15, 0.2) is 17.1 Å². The third kappa shape index (κ3) is 2.46. The van der Waals surface area contributed by atoms with E-state index in [1.807, 2.05) is 6.92 Å². The van der Waals surface area contributed by atoms with Crippen molar-refractivity contribution in [1.29, 1.82) is 0 Å². The molecule has 0 amide bonds. The van der Waals surface area contributed by atoms with Gasteiger partial charge in [0, 0.05) is 12.2 Å². The summed E-state index contributed by atoms with van der Waals surface area (Å²) in [5.41, 5.74) is -0.741. The van der Waals surface area contributed by atoms with Crippen molar-refractivity contribution < 1.29 is 4.92 Å². The first kappa shape index (κ1) is 11.6. The fourth-order valence-electron chi connectivity index (χ4n) is 2.02. The van der Waals surface area contributed by atoms with Crippen LogP contribution in [0.3, 0.4) is 0 Å². The molecule has 0 aliphatic heterocycles. The molecule has 17 heavy (non-hydrogen) atoms. The van der Waals surface area contributed by atoms with Crippen LogP contribution in [0.1, 0.15) is 26.2 Å². The molecule has 6 heteroatoms. The predicted octanol–water partition coefficient (Wildman–Crippen LogP) is 1.88. The van der Waals surface area contributed by atoms with E-state index >= 15 is 0 Å². The number of aromatic nitrogens is 1.